The van der Waals surface area contributed by atoms with Crippen LogP contribution in [0, 0.1) is 0 Å². The van der Waals surface area contributed by atoms with E-state index in [0.29, 0.717) is 5.69 Å². The summed E-state index contributed by atoms with van der Waals surface area (Å²) in [4.78, 5) is 90.2. The molecule has 2 aliphatic rings. The lowest BCUT2D eigenvalue weighted by Crippen LogP contribution is -2.74. The standard InChI is InChI=1S/C35H30BrClN4O11S/c1-18(42)41(36)24-11-8-20(9-12-24)30(45)25-14-23(37)10-13-26(25)52-16-27(44)35(34(49)50,22-6-4-3-5-7-22)39-38-28-31(46)40-29(33(47)48)21(15-51-19(2)43)17-53-32(28)40/h3-14,28,32,38-39H,15-17H2,1-2H3,(H,47,48)(H,49,50)/t28-,32-,35-/m1/s1. The van der Waals surface area contributed by atoms with Crippen molar-refractivity contribution in [2.75, 3.05) is 22.9 Å². The second kappa shape index (κ2) is 16.3. The van der Waals surface area contributed by atoms with Gasteiger partial charge in [0.25, 0.3) is 0 Å². The van der Waals surface area contributed by atoms with E-state index in [4.69, 9.17) is 21.1 Å². The monoisotopic (exact) mass is 828 g/mol. The second-order valence-electron chi connectivity index (χ2n) is 11.6. The fourth-order valence-corrected chi connectivity index (χ4v) is 7.33. The third-order valence-electron chi connectivity index (χ3n) is 8.24. The predicted octanol–water partition coefficient (Wildman–Crippen LogP) is 3.44. The summed E-state index contributed by atoms with van der Waals surface area (Å²) in [7, 11) is 0. The number of carboxylic acid groups (broad SMARTS) is 2. The molecule has 3 atom stereocenters. The first-order valence-electron chi connectivity index (χ1n) is 15.6. The first-order valence-corrected chi connectivity index (χ1v) is 17.7. The van der Waals surface area contributed by atoms with Gasteiger partial charge in [0, 0.05) is 35.8 Å². The van der Waals surface area contributed by atoms with E-state index < -0.39 is 58.9 Å². The van der Waals surface area contributed by atoms with Crippen LogP contribution in [0.4, 0.5) is 5.69 Å². The predicted molar refractivity (Wildman–Crippen MR) is 194 cm³/mol. The maximum absolute atomic E-state index is 14.1. The summed E-state index contributed by atoms with van der Waals surface area (Å²) in [5.74, 6) is -6.27. The lowest BCUT2D eigenvalue weighted by molar-refractivity contribution is -0.156. The van der Waals surface area contributed by atoms with Gasteiger partial charge in [0.15, 0.2) is 5.78 Å². The van der Waals surface area contributed by atoms with E-state index in [1.165, 1.54) is 84.5 Å². The number of nitrogens with one attached hydrogen (secondary N) is 2. The van der Waals surface area contributed by atoms with Crippen LogP contribution in [0.3, 0.4) is 0 Å². The molecule has 0 saturated carbocycles. The Morgan fingerprint density at radius 3 is 2.30 bits per heavy atom. The van der Waals surface area contributed by atoms with Gasteiger partial charge in [0.2, 0.25) is 23.1 Å². The number of Topliss-reactive ketones (excluding diaryl/α,β-unsaturated/α-hetero) is 1. The number of thioether (sulfide) groups is 1. The van der Waals surface area contributed by atoms with Crippen LogP contribution in [0.15, 0.2) is 84.1 Å². The van der Waals surface area contributed by atoms with Gasteiger partial charge in [0.1, 0.15) is 36.1 Å². The molecule has 1 saturated heterocycles. The lowest BCUT2D eigenvalue weighted by atomic mass is 9.86. The highest BCUT2D eigenvalue weighted by molar-refractivity contribution is 9.10. The van der Waals surface area contributed by atoms with E-state index in [1.54, 1.807) is 6.07 Å². The van der Waals surface area contributed by atoms with Crippen molar-refractivity contribution in [2.24, 2.45) is 0 Å². The van der Waals surface area contributed by atoms with Gasteiger partial charge in [-0.05, 0) is 48.0 Å². The number of rotatable bonds is 15. The molecule has 0 unspecified atom stereocenters. The fourth-order valence-electron chi connectivity index (χ4n) is 5.59. The third kappa shape index (κ3) is 7.98. The molecule has 0 aliphatic carbocycles. The molecule has 3 aromatic carbocycles. The van der Waals surface area contributed by atoms with Gasteiger partial charge in [-0.1, -0.05) is 41.9 Å². The van der Waals surface area contributed by atoms with Crippen LogP contribution in [0.5, 0.6) is 5.75 Å². The molecule has 4 N–H and O–H groups in total. The van der Waals surface area contributed by atoms with Gasteiger partial charge >= 0.3 is 17.9 Å². The molecule has 0 spiro atoms. The molecule has 0 bridgehead atoms. The smallest absolute Gasteiger partial charge is 0.352 e. The number of carbonyl (C=O) groups is 7. The molecule has 2 heterocycles. The molecular weight excluding hydrogens is 800 g/mol. The van der Waals surface area contributed by atoms with Crippen molar-refractivity contribution in [3.05, 3.63) is 106 Å². The van der Waals surface area contributed by atoms with Crippen molar-refractivity contribution in [1.29, 1.82) is 0 Å². The number of aliphatic carboxylic acids is 2. The average Bonchev–Trinajstić information content (AvgIpc) is 3.14. The van der Waals surface area contributed by atoms with Gasteiger partial charge in [0.05, 0.1) is 27.4 Å². The van der Waals surface area contributed by atoms with Crippen molar-refractivity contribution in [3.8, 4) is 5.75 Å². The van der Waals surface area contributed by atoms with E-state index in [9.17, 15) is 43.8 Å². The Balaban J connectivity index is 1.39. The summed E-state index contributed by atoms with van der Waals surface area (Å²) in [6.45, 7) is 1.31. The summed E-state index contributed by atoms with van der Waals surface area (Å²) in [5.41, 5.74) is 3.13. The molecule has 0 aromatic heterocycles. The van der Waals surface area contributed by atoms with E-state index in [-0.39, 0.29) is 57.0 Å². The van der Waals surface area contributed by atoms with E-state index in [1.807, 2.05) is 0 Å². The summed E-state index contributed by atoms with van der Waals surface area (Å²) in [6, 6.07) is 16.4. The SMILES string of the molecule is CC(=O)OCC1=C(C(=O)O)N2C(=O)[C@@H](NN[C@@](C(=O)O)(C(=O)COc3ccc(Cl)cc3C(=O)c3ccc(N(Br)C(C)=O)cc3)c3ccccc3)[C@H]2SC1. The van der Waals surface area contributed by atoms with Crippen LogP contribution >= 0.6 is 39.5 Å². The Morgan fingerprint density at radius 1 is 1.02 bits per heavy atom. The Bertz CT molecular complexity index is 2030. The Labute approximate surface area is 319 Å². The number of halogens is 2. The minimum Gasteiger partial charge on any atom is -0.485 e. The van der Waals surface area contributed by atoms with E-state index in [2.05, 4.69) is 27.0 Å². The van der Waals surface area contributed by atoms with Gasteiger partial charge in [-0.15, -0.1) is 11.8 Å². The number of hydrazine groups is 1. The number of amides is 2. The molecule has 5 rings (SSSR count). The number of carboxylic acids is 2. The first-order chi connectivity index (χ1) is 25.2. The number of nitrogens with zero attached hydrogens (tertiary/aromatic N) is 2. The zero-order valence-electron chi connectivity index (χ0n) is 27.8. The fraction of sp³-hybridized carbons (Fsp3) is 0.229. The number of ether oxygens (including phenoxy) is 2. The molecule has 0 radical (unpaired) electrons. The molecule has 276 valence electrons. The third-order valence-corrected chi connectivity index (χ3v) is 10.7. The van der Waals surface area contributed by atoms with Gasteiger partial charge in [-0.25, -0.2) is 24.4 Å². The summed E-state index contributed by atoms with van der Waals surface area (Å²) in [5, 5.41) is 19.9. The van der Waals surface area contributed by atoms with Crippen LogP contribution in [0.25, 0.3) is 0 Å². The molecule has 18 heteroatoms. The summed E-state index contributed by atoms with van der Waals surface area (Å²) < 4.78 is 12.0. The zero-order valence-corrected chi connectivity index (χ0v) is 31.0. The molecular formula is C35H30BrClN4O11S. The van der Waals surface area contributed by atoms with E-state index in [0.717, 1.165) is 16.7 Å². The molecule has 15 nitrogen and oxygen atoms in total. The van der Waals surface area contributed by atoms with Gasteiger partial charge in [-0.2, -0.15) is 0 Å². The topological polar surface area (TPSA) is 209 Å². The Morgan fingerprint density at radius 2 is 1.70 bits per heavy atom. The minimum atomic E-state index is -2.54. The normalized spacial score (nSPS) is 17.5. The van der Waals surface area contributed by atoms with Gasteiger partial charge in [-0.3, -0.25) is 28.9 Å². The average molecular weight is 830 g/mol. The summed E-state index contributed by atoms with van der Waals surface area (Å²) >= 11 is 10.5. The highest BCUT2D eigenvalue weighted by Crippen LogP contribution is 2.40. The summed E-state index contributed by atoms with van der Waals surface area (Å²) in [6.07, 6.45) is 0. The van der Waals surface area contributed by atoms with Crippen LogP contribution in [-0.4, -0.2) is 86.8 Å². The van der Waals surface area contributed by atoms with Crippen molar-refractivity contribution in [2.45, 2.75) is 30.8 Å². The number of hydrogen-bond acceptors (Lipinski definition) is 12. The van der Waals surface area contributed by atoms with Gasteiger partial charge < -0.3 is 19.7 Å². The van der Waals surface area contributed by atoms with Crippen LogP contribution in [0.1, 0.15) is 35.3 Å². The van der Waals surface area contributed by atoms with Crippen molar-refractivity contribution in [3.63, 3.8) is 0 Å². The molecule has 53 heavy (non-hydrogen) atoms. The zero-order chi connectivity index (χ0) is 38.6. The van der Waals surface area contributed by atoms with Crippen molar-refractivity contribution >= 4 is 86.5 Å². The largest absolute Gasteiger partial charge is 0.485 e. The highest BCUT2D eigenvalue weighted by atomic mass is 79.9. The lowest BCUT2D eigenvalue weighted by Gasteiger charge is -2.50. The van der Waals surface area contributed by atoms with E-state index >= 15 is 0 Å². The van der Waals surface area contributed by atoms with Crippen molar-refractivity contribution < 1.29 is 53.2 Å². The first kappa shape index (κ1) is 39.1. The second-order valence-corrected chi connectivity index (χ2v) is 13.9. The molecule has 2 aliphatic heterocycles. The number of β-lactam (4-membered cyclic amide) rings is 1. The Kier molecular flexibility index (Phi) is 12.0. The Hall–Kier alpha value is -5.07. The molecule has 2 amide bonds. The van der Waals surface area contributed by atoms with Crippen molar-refractivity contribution in [1.82, 2.24) is 15.8 Å². The number of esters is 1. The van der Waals surface area contributed by atoms with Crippen LogP contribution in [-0.2, 0) is 39.0 Å². The maximum atomic E-state index is 14.1. The number of ketones is 2. The maximum Gasteiger partial charge on any atom is 0.352 e. The number of fused-ring (bicyclic) bond motifs is 1. The van der Waals surface area contributed by atoms with Crippen LogP contribution < -0.4 is 19.5 Å². The van der Waals surface area contributed by atoms with Crippen LogP contribution in [0.2, 0.25) is 5.02 Å². The number of hydrogen-bond donors (Lipinski definition) is 4. The quantitative estimate of drug-likeness (QED) is 0.0432. The highest BCUT2D eigenvalue weighted by Gasteiger charge is 2.56. The number of benzene rings is 3. The number of carbonyl (C=O) groups excluding carboxylic acids is 5. The molecule has 1 fully saturated rings. The minimum absolute atomic E-state index is 0.0257. The number of anilines is 1. The molecule has 3 aromatic rings.